The van der Waals surface area contributed by atoms with Crippen LogP contribution in [0.4, 0.5) is 0 Å². The second-order valence-corrected chi connectivity index (χ2v) is 4.66. The summed E-state index contributed by atoms with van der Waals surface area (Å²) in [7, 11) is -4.91. The molecule has 0 aromatic rings. The standard InChI is InChI=1S/C6H14NO8P/c7-6(15-16(11,12)13)1-3(9)5(10)4(2-8)14-6/h3-5,8-10H,1-2,7H2,(H2,11,12,13)/t3-,4-,5+,6+/m1/s1. The van der Waals surface area contributed by atoms with Crippen LogP contribution in [0.1, 0.15) is 6.42 Å². The second-order valence-electron chi connectivity index (χ2n) is 3.49. The summed E-state index contributed by atoms with van der Waals surface area (Å²) in [6, 6.07) is 0. The fraction of sp³-hybridized carbons (Fsp3) is 1.00. The maximum atomic E-state index is 10.6. The lowest BCUT2D eigenvalue weighted by Crippen LogP contribution is -2.60. The summed E-state index contributed by atoms with van der Waals surface area (Å²) in [4.78, 5) is 17.1. The minimum absolute atomic E-state index is 0.532. The molecule has 0 aromatic heterocycles. The summed E-state index contributed by atoms with van der Waals surface area (Å²) >= 11 is 0. The first kappa shape index (κ1) is 14.0. The van der Waals surface area contributed by atoms with Gasteiger partial charge in [-0.2, -0.15) is 0 Å². The predicted octanol–water partition coefficient (Wildman–Crippen LogP) is -2.79. The minimum atomic E-state index is -4.91. The summed E-state index contributed by atoms with van der Waals surface area (Å²) < 4.78 is 19.5. The van der Waals surface area contributed by atoms with Crippen LogP contribution >= 0.6 is 7.82 Å². The monoisotopic (exact) mass is 259 g/mol. The molecule has 96 valence electrons. The number of rotatable bonds is 3. The lowest BCUT2D eigenvalue weighted by molar-refractivity contribution is -0.294. The van der Waals surface area contributed by atoms with Gasteiger partial charge in [-0.1, -0.05) is 0 Å². The van der Waals surface area contributed by atoms with Gasteiger partial charge >= 0.3 is 7.82 Å². The number of phosphoric acid groups is 1. The average Bonchev–Trinajstić information content (AvgIpc) is 2.08. The third-order valence-corrected chi connectivity index (χ3v) is 2.62. The molecule has 0 spiro atoms. The highest BCUT2D eigenvalue weighted by Crippen LogP contribution is 2.43. The summed E-state index contributed by atoms with van der Waals surface area (Å²) in [5, 5.41) is 27.5. The molecule has 1 heterocycles. The third-order valence-electron chi connectivity index (χ3n) is 2.07. The molecule has 0 bridgehead atoms. The number of nitrogens with two attached hydrogens (primary N) is 1. The Hall–Kier alpha value is -0.0900. The van der Waals surface area contributed by atoms with Crippen LogP contribution in [0.5, 0.6) is 0 Å². The normalized spacial score (nSPS) is 41.0. The van der Waals surface area contributed by atoms with Gasteiger partial charge in [0.05, 0.1) is 12.7 Å². The van der Waals surface area contributed by atoms with Crippen LogP contribution in [-0.2, 0) is 13.8 Å². The highest BCUT2D eigenvalue weighted by atomic mass is 31.2. The Morgan fingerprint density at radius 3 is 2.50 bits per heavy atom. The van der Waals surface area contributed by atoms with Crippen molar-refractivity contribution in [3.05, 3.63) is 0 Å². The quantitative estimate of drug-likeness (QED) is 0.232. The van der Waals surface area contributed by atoms with Gasteiger partial charge < -0.3 is 29.8 Å². The fourth-order valence-electron chi connectivity index (χ4n) is 1.44. The first-order chi connectivity index (χ1) is 7.17. The molecular weight excluding hydrogens is 245 g/mol. The highest BCUT2D eigenvalue weighted by Gasteiger charge is 2.47. The number of hydrogen-bond donors (Lipinski definition) is 6. The van der Waals surface area contributed by atoms with Gasteiger partial charge in [0, 0.05) is 6.42 Å². The molecule has 1 aliphatic rings. The topological polar surface area (TPSA) is 163 Å². The van der Waals surface area contributed by atoms with Crippen molar-refractivity contribution in [1.82, 2.24) is 0 Å². The molecule has 10 heteroatoms. The summed E-state index contributed by atoms with van der Waals surface area (Å²) in [6.45, 7) is -0.679. The van der Waals surface area contributed by atoms with Crippen LogP contribution < -0.4 is 5.73 Å². The van der Waals surface area contributed by atoms with Gasteiger partial charge in [0.15, 0.2) is 0 Å². The van der Waals surface area contributed by atoms with Crippen LogP contribution in [0, 0.1) is 0 Å². The highest BCUT2D eigenvalue weighted by molar-refractivity contribution is 7.46. The van der Waals surface area contributed by atoms with E-state index in [1.165, 1.54) is 0 Å². The Morgan fingerprint density at radius 2 is 2.06 bits per heavy atom. The van der Waals surface area contributed by atoms with Gasteiger partial charge in [-0.05, 0) is 0 Å². The third kappa shape index (κ3) is 3.45. The Bertz CT molecular complexity index is 294. The van der Waals surface area contributed by atoms with E-state index in [9.17, 15) is 14.8 Å². The number of ether oxygens (including phenoxy) is 1. The van der Waals surface area contributed by atoms with Crippen molar-refractivity contribution < 1.29 is 38.9 Å². The largest absolute Gasteiger partial charge is 0.473 e. The number of aliphatic hydroxyl groups excluding tert-OH is 3. The molecule has 1 rings (SSSR count). The number of hydrogen-bond acceptors (Lipinski definition) is 7. The van der Waals surface area contributed by atoms with Gasteiger partial charge in [0.2, 0.25) is 5.91 Å². The molecule has 1 saturated heterocycles. The van der Waals surface area contributed by atoms with Crippen molar-refractivity contribution in [2.45, 2.75) is 30.6 Å². The second kappa shape index (κ2) is 4.65. The molecule has 0 saturated carbocycles. The van der Waals surface area contributed by atoms with Gasteiger partial charge in [0.1, 0.15) is 12.2 Å². The van der Waals surface area contributed by atoms with E-state index < -0.39 is 45.1 Å². The van der Waals surface area contributed by atoms with Crippen molar-refractivity contribution in [3.8, 4) is 0 Å². The Morgan fingerprint density at radius 1 is 1.50 bits per heavy atom. The summed E-state index contributed by atoms with van der Waals surface area (Å²) in [6.07, 6.45) is -4.62. The van der Waals surface area contributed by atoms with Crippen molar-refractivity contribution in [2.24, 2.45) is 5.73 Å². The van der Waals surface area contributed by atoms with Crippen molar-refractivity contribution in [3.63, 3.8) is 0 Å². The first-order valence-corrected chi connectivity index (χ1v) is 5.90. The van der Waals surface area contributed by atoms with Crippen molar-refractivity contribution >= 4 is 7.82 Å². The van der Waals surface area contributed by atoms with E-state index >= 15 is 0 Å². The summed E-state index contributed by atoms with van der Waals surface area (Å²) in [5.41, 5.74) is 5.34. The van der Waals surface area contributed by atoms with Gasteiger partial charge in [0.25, 0.3) is 0 Å². The van der Waals surface area contributed by atoms with Crippen LogP contribution in [0.15, 0.2) is 0 Å². The zero-order chi connectivity index (χ0) is 12.6. The lowest BCUT2D eigenvalue weighted by Gasteiger charge is -2.41. The molecule has 0 aliphatic carbocycles. The smallest absolute Gasteiger partial charge is 0.394 e. The molecule has 7 N–H and O–H groups in total. The Kier molecular flexibility index (Phi) is 4.06. The Labute approximate surface area is 90.6 Å². The molecule has 1 fully saturated rings. The van der Waals surface area contributed by atoms with Crippen molar-refractivity contribution in [1.29, 1.82) is 0 Å². The molecule has 1 aliphatic heterocycles. The maximum absolute atomic E-state index is 10.6. The minimum Gasteiger partial charge on any atom is -0.394 e. The molecule has 16 heavy (non-hydrogen) atoms. The van der Waals surface area contributed by atoms with Crippen LogP contribution in [0.2, 0.25) is 0 Å². The zero-order valence-corrected chi connectivity index (χ0v) is 9.03. The van der Waals surface area contributed by atoms with E-state index in [-0.39, 0.29) is 0 Å². The SMILES string of the molecule is N[C@@]1(OP(=O)(O)O)C[C@@H](O)[C@H](O)[C@@H](CO)O1. The van der Waals surface area contributed by atoms with E-state index in [1.54, 1.807) is 0 Å². The molecule has 0 aromatic carbocycles. The van der Waals surface area contributed by atoms with Crippen LogP contribution in [-0.4, -0.2) is 55.9 Å². The average molecular weight is 259 g/mol. The molecule has 0 amide bonds. The van der Waals surface area contributed by atoms with E-state index in [0.29, 0.717) is 0 Å². The van der Waals surface area contributed by atoms with E-state index in [1.807, 2.05) is 0 Å². The molecule has 0 unspecified atom stereocenters. The molecule has 0 radical (unpaired) electrons. The van der Waals surface area contributed by atoms with Gasteiger partial charge in [-0.15, -0.1) is 0 Å². The van der Waals surface area contributed by atoms with E-state index in [2.05, 4.69) is 4.52 Å². The van der Waals surface area contributed by atoms with Crippen molar-refractivity contribution in [2.75, 3.05) is 6.61 Å². The molecular formula is C6H14NO8P. The molecule has 4 atom stereocenters. The lowest BCUT2D eigenvalue weighted by atomic mass is 10.00. The zero-order valence-electron chi connectivity index (χ0n) is 8.13. The van der Waals surface area contributed by atoms with E-state index in [4.69, 9.17) is 25.4 Å². The van der Waals surface area contributed by atoms with Crippen LogP contribution in [0.3, 0.4) is 0 Å². The van der Waals surface area contributed by atoms with Gasteiger partial charge in [-0.25, -0.2) is 9.09 Å². The van der Waals surface area contributed by atoms with Gasteiger partial charge in [-0.3, -0.25) is 5.73 Å². The van der Waals surface area contributed by atoms with Crippen LogP contribution in [0.25, 0.3) is 0 Å². The Balaban J connectivity index is 2.79. The summed E-state index contributed by atoms with van der Waals surface area (Å²) in [5.74, 6) is -2.24. The maximum Gasteiger partial charge on any atom is 0.473 e. The first-order valence-electron chi connectivity index (χ1n) is 4.37. The van der Waals surface area contributed by atoms with E-state index in [0.717, 1.165) is 0 Å². The predicted molar refractivity (Wildman–Crippen MR) is 48.6 cm³/mol. The number of aliphatic hydroxyl groups is 3. The number of phosphoric ester groups is 1. The molecule has 9 nitrogen and oxygen atoms in total. The fourth-order valence-corrected chi connectivity index (χ4v) is 1.96.